The second-order valence-corrected chi connectivity index (χ2v) is 4.62. The first-order chi connectivity index (χ1) is 9.49. The molecule has 0 fully saturated rings. The van der Waals surface area contributed by atoms with Crippen molar-refractivity contribution in [1.82, 2.24) is 4.98 Å². The molecular formula is C15H14N2O3. The Labute approximate surface area is 116 Å². The highest BCUT2D eigenvalue weighted by molar-refractivity contribution is 5.98. The molecule has 0 unspecified atom stereocenters. The zero-order chi connectivity index (χ0) is 14.7. The number of hydrogen-bond donors (Lipinski definition) is 0. The summed E-state index contributed by atoms with van der Waals surface area (Å²) in [7, 11) is 0. The molecule has 0 N–H and O–H groups in total. The van der Waals surface area contributed by atoms with Gasteiger partial charge < -0.3 is 0 Å². The monoisotopic (exact) mass is 270 g/mol. The lowest BCUT2D eigenvalue weighted by atomic mass is 9.99. The number of aromatic nitrogens is 1. The molecule has 1 aromatic heterocycles. The summed E-state index contributed by atoms with van der Waals surface area (Å²) in [5.74, 6) is -0.0841. The maximum atomic E-state index is 12.3. The minimum Gasteiger partial charge on any atom is -0.294 e. The van der Waals surface area contributed by atoms with E-state index in [2.05, 4.69) is 4.98 Å². The van der Waals surface area contributed by atoms with Gasteiger partial charge in [0.1, 0.15) is 0 Å². The Morgan fingerprint density at radius 2 is 2.00 bits per heavy atom. The van der Waals surface area contributed by atoms with E-state index in [1.165, 1.54) is 18.2 Å². The van der Waals surface area contributed by atoms with Crippen molar-refractivity contribution in [3.05, 3.63) is 69.0 Å². The molecule has 0 saturated heterocycles. The van der Waals surface area contributed by atoms with Crippen LogP contribution in [-0.2, 0) is 6.42 Å². The normalized spacial score (nSPS) is 10.3. The molecule has 0 aliphatic heterocycles. The lowest BCUT2D eigenvalue weighted by Gasteiger charge is -2.06. The van der Waals surface area contributed by atoms with Crippen molar-refractivity contribution in [2.24, 2.45) is 0 Å². The van der Waals surface area contributed by atoms with Crippen LogP contribution in [0.2, 0.25) is 0 Å². The largest absolute Gasteiger partial charge is 0.294 e. The van der Waals surface area contributed by atoms with Gasteiger partial charge in [-0.3, -0.25) is 19.9 Å². The highest BCUT2D eigenvalue weighted by Gasteiger charge is 2.15. The van der Waals surface area contributed by atoms with Crippen LogP contribution in [0, 0.1) is 24.0 Å². The van der Waals surface area contributed by atoms with Crippen LogP contribution in [0.4, 0.5) is 5.69 Å². The topological polar surface area (TPSA) is 73.1 Å². The summed E-state index contributed by atoms with van der Waals surface area (Å²) in [6.07, 6.45) is 1.85. The molecule has 0 aliphatic rings. The fourth-order valence-corrected chi connectivity index (χ4v) is 2.03. The highest BCUT2D eigenvalue weighted by atomic mass is 16.6. The van der Waals surface area contributed by atoms with E-state index in [0.29, 0.717) is 11.1 Å². The Hall–Kier alpha value is -2.56. The summed E-state index contributed by atoms with van der Waals surface area (Å²) in [5.41, 5.74) is 2.79. The number of nitrogens with zero attached hydrogens (tertiary/aromatic N) is 2. The minimum absolute atomic E-state index is 0.00642. The summed E-state index contributed by atoms with van der Waals surface area (Å²) in [4.78, 5) is 26.7. The number of Topliss-reactive ketones (excluding diaryl/α,β-unsaturated/α-hetero) is 1. The molecule has 0 bridgehead atoms. The van der Waals surface area contributed by atoms with Crippen molar-refractivity contribution < 1.29 is 9.72 Å². The maximum absolute atomic E-state index is 12.3. The molecular weight excluding hydrogens is 256 g/mol. The summed E-state index contributed by atoms with van der Waals surface area (Å²) in [6.45, 7) is 3.60. The van der Waals surface area contributed by atoms with Gasteiger partial charge in [-0.15, -0.1) is 0 Å². The molecule has 0 amide bonds. The molecule has 0 atom stereocenters. The standard InChI is InChI=1S/C15H14N2O3/c1-10-4-3-7-16-14(10)9-15(18)13-6-5-12(17(19)20)8-11(13)2/h3-8H,9H2,1-2H3. The number of aryl methyl sites for hydroxylation is 2. The van der Waals surface area contributed by atoms with Gasteiger partial charge in [0.15, 0.2) is 5.78 Å². The third kappa shape index (κ3) is 2.88. The van der Waals surface area contributed by atoms with Crippen LogP contribution in [0.15, 0.2) is 36.5 Å². The number of pyridine rings is 1. The Balaban J connectivity index is 2.26. The molecule has 0 radical (unpaired) electrons. The van der Waals surface area contributed by atoms with Crippen LogP contribution in [0.3, 0.4) is 0 Å². The number of benzene rings is 1. The van der Waals surface area contributed by atoms with Crippen LogP contribution in [0.25, 0.3) is 0 Å². The zero-order valence-electron chi connectivity index (χ0n) is 11.3. The first-order valence-electron chi connectivity index (χ1n) is 6.18. The van der Waals surface area contributed by atoms with Crippen molar-refractivity contribution in [2.45, 2.75) is 20.3 Å². The van der Waals surface area contributed by atoms with Gasteiger partial charge in [-0.2, -0.15) is 0 Å². The number of ketones is 1. The van der Waals surface area contributed by atoms with Crippen molar-refractivity contribution >= 4 is 11.5 Å². The Bertz CT molecular complexity index is 681. The fraction of sp³-hybridized carbons (Fsp3) is 0.200. The van der Waals surface area contributed by atoms with Gasteiger partial charge in [-0.05, 0) is 37.1 Å². The molecule has 2 aromatic rings. The number of hydrogen-bond acceptors (Lipinski definition) is 4. The molecule has 1 heterocycles. The number of non-ortho nitro benzene ring substituents is 1. The van der Waals surface area contributed by atoms with E-state index in [1.54, 1.807) is 13.1 Å². The molecule has 0 aliphatic carbocycles. The smallest absolute Gasteiger partial charge is 0.269 e. The molecule has 0 saturated carbocycles. The van der Waals surface area contributed by atoms with E-state index in [9.17, 15) is 14.9 Å². The fourth-order valence-electron chi connectivity index (χ4n) is 2.03. The predicted octanol–water partition coefficient (Wildman–Crippen LogP) is 3.03. The summed E-state index contributed by atoms with van der Waals surface area (Å²) >= 11 is 0. The Morgan fingerprint density at radius 3 is 2.60 bits per heavy atom. The van der Waals surface area contributed by atoms with Gasteiger partial charge in [0.05, 0.1) is 17.0 Å². The van der Waals surface area contributed by atoms with Crippen LogP contribution >= 0.6 is 0 Å². The summed E-state index contributed by atoms with van der Waals surface area (Å²) < 4.78 is 0. The minimum atomic E-state index is -0.468. The van der Waals surface area contributed by atoms with Gasteiger partial charge in [0, 0.05) is 23.9 Å². The van der Waals surface area contributed by atoms with E-state index in [0.717, 1.165) is 11.3 Å². The van der Waals surface area contributed by atoms with Crippen LogP contribution in [0.1, 0.15) is 27.2 Å². The van der Waals surface area contributed by atoms with Gasteiger partial charge in [0.25, 0.3) is 5.69 Å². The van der Waals surface area contributed by atoms with Gasteiger partial charge in [-0.1, -0.05) is 6.07 Å². The molecule has 5 nitrogen and oxygen atoms in total. The average Bonchev–Trinajstić information content (AvgIpc) is 2.41. The van der Waals surface area contributed by atoms with Gasteiger partial charge >= 0.3 is 0 Å². The van der Waals surface area contributed by atoms with Crippen LogP contribution in [-0.4, -0.2) is 15.7 Å². The first kappa shape index (κ1) is 13.9. The lowest BCUT2D eigenvalue weighted by molar-refractivity contribution is -0.384. The number of nitro benzene ring substituents is 1. The number of rotatable bonds is 4. The van der Waals surface area contributed by atoms with E-state index in [1.807, 2.05) is 19.1 Å². The SMILES string of the molecule is Cc1cc([N+](=O)[O-])ccc1C(=O)Cc1ncccc1C. The molecule has 0 spiro atoms. The number of carbonyl (C=O) groups is 1. The quantitative estimate of drug-likeness (QED) is 0.486. The molecule has 20 heavy (non-hydrogen) atoms. The average molecular weight is 270 g/mol. The second kappa shape index (κ2) is 5.61. The third-order valence-electron chi connectivity index (χ3n) is 3.17. The first-order valence-corrected chi connectivity index (χ1v) is 6.18. The van der Waals surface area contributed by atoms with Gasteiger partial charge in [0.2, 0.25) is 0 Å². The molecule has 5 heteroatoms. The number of carbonyl (C=O) groups excluding carboxylic acids is 1. The third-order valence-corrected chi connectivity index (χ3v) is 3.17. The number of nitro groups is 1. The molecule has 2 rings (SSSR count). The van der Waals surface area contributed by atoms with Crippen molar-refractivity contribution in [3.63, 3.8) is 0 Å². The van der Waals surface area contributed by atoms with Crippen LogP contribution < -0.4 is 0 Å². The maximum Gasteiger partial charge on any atom is 0.269 e. The Morgan fingerprint density at radius 1 is 1.25 bits per heavy atom. The van der Waals surface area contributed by atoms with E-state index in [-0.39, 0.29) is 17.9 Å². The van der Waals surface area contributed by atoms with Crippen molar-refractivity contribution in [2.75, 3.05) is 0 Å². The zero-order valence-corrected chi connectivity index (χ0v) is 11.3. The molecule has 1 aromatic carbocycles. The predicted molar refractivity (Wildman–Crippen MR) is 74.8 cm³/mol. The van der Waals surface area contributed by atoms with Crippen molar-refractivity contribution in [3.8, 4) is 0 Å². The van der Waals surface area contributed by atoms with Crippen LogP contribution in [0.5, 0.6) is 0 Å². The molecule has 102 valence electrons. The van der Waals surface area contributed by atoms with Crippen molar-refractivity contribution in [1.29, 1.82) is 0 Å². The lowest BCUT2D eigenvalue weighted by Crippen LogP contribution is -2.08. The van der Waals surface area contributed by atoms with Gasteiger partial charge in [-0.25, -0.2) is 0 Å². The highest BCUT2D eigenvalue weighted by Crippen LogP contribution is 2.19. The van der Waals surface area contributed by atoms with E-state index >= 15 is 0 Å². The van der Waals surface area contributed by atoms with E-state index < -0.39 is 4.92 Å². The van der Waals surface area contributed by atoms with E-state index in [4.69, 9.17) is 0 Å². The Kier molecular flexibility index (Phi) is 3.89. The second-order valence-electron chi connectivity index (χ2n) is 4.62. The summed E-state index contributed by atoms with van der Waals surface area (Å²) in [5, 5.41) is 10.7. The summed E-state index contributed by atoms with van der Waals surface area (Å²) in [6, 6.07) is 8.00.